The van der Waals surface area contributed by atoms with Gasteiger partial charge >= 0.3 is 6.09 Å². The van der Waals surface area contributed by atoms with E-state index in [1.807, 2.05) is 20.9 Å². The minimum absolute atomic E-state index is 0.0980. The molecular weight excluding hydrogens is 673 g/mol. The number of nitrogens with one attached hydrogen (secondary N) is 2. The van der Waals surface area contributed by atoms with Gasteiger partial charge in [-0.15, -0.1) is 0 Å². The molecule has 3 unspecified atom stereocenters. The van der Waals surface area contributed by atoms with Crippen LogP contribution in [0.5, 0.6) is 5.88 Å². The van der Waals surface area contributed by atoms with Crippen LogP contribution in [0.4, 0.5) is 14.9 Å². The lowest BCUT2D eigenvalue weighted by atomic mass is 9.84. The minimum Gasteiger partial charge on any atom is -0.475 e. The number of ether oxygens (including phenoxy) is 2. The van der Waals surface area contributed by atoms with Crippen molar-refractivity contribution in [3.63, 3.8) is 0 Å². The summed E-state index contributed by atoms with van der Waals surface area (Å²) in [5, 5.41) is 6.03. The number of carbonyl (C=O) groups excluding carboxylic acids is 2. The summed E-state index contributed by atoms with van der Waals surface area (Å²) < 4.78 is 54.1. The van der Waals surface area contributed by atoms with Gasteiger partial charge in [0.15, 0.2) is 0 Å². The summed E-state index contributed by atoms with van der Waals surface area (Å²) in [5.41, 5.74) is 1.72. The van der Waals surface area contributed by atoms with Crippen molar-refractivity contribution >= 4 is 39.3 Å². The average molecular weight is 716 g/mol. The fourth-order valence-electron chi connectivity index (χ4n) is 6.68. The molecule has 3 aromatic rings. The number of aromatic nitrogens is 1. The number of fused-ring (bicyclic) bond motifs is 2. The van der Waals surface area contributed by atoms with Gasteiger partial charge in [-0.25, -0.2) is 22.6 Å². The van der Waals surface area contributed by atoms with Crippen molar-refractivity contribution in [2.75, 3.05) is 38.3 Å². The highest BCUT2D eigenvalue weighted by Crippen LogP contribution is 2.33. The molecule has 264 valence electrons. The van der Waals surface area contributed by atoms with E-state index in [0.717, 1.165) is 6.42 Å². The molecule has 2 N–H and O–H groups in total. The lowest BCUT2D eigenvalue weighted by molar-refractivity contribution is -0.118. The Kier molecular flexibility index (Phi) is 11.8. The maximum atomic E-state index is 15.5. The molecule has 2 aliphatic rings. The van der Waals surface area contributed by atoms with Crippen LogP contribution in [0, 0.1) is 5.82 Å². The van der Waals surface area contributed by atoms with Crippen LogP contribution < -0.4 is 15.4 Å². The van der Waals surface area contributed by atoms with E-state index in [0.29, 0.717) is 48.0 Å². The number of benzene rings is 2. The van der Waals surface area contributed by atoms with Crippen LogP contribution in [-0.2, 0) is 26.0 Å². The van der Waals surface area contributed by atoms with Gasteiger partial charge in [0.1, 0.15) is 11.9 Å². The zero-order valence-corrected chi connectivity index (χ0v) is 29.6. The molecule has 2 fully saturated rings. The molecule has 2 aromatic carbocycles. The molecule has 11 nitrogen and oxygen atoms in total. The largest absolute Gasteiger partial charge is 0.475 e. The smallest absolute Gasteiger partial charge is 0.407 e. The topological polar surface area (TPSA) is 130 Å². The van der Waals surface area contributed by atoms with E-state index < -0.39 is 39.8 Å². The SMILES string of the molecule is COC(=O)N[C@H](C(=O)Nc1cccc(F)c1CCC1CN(C)C2CCCS(=O)(=O)N1C2)[C@@H](c1ccc(Cl)cc1)c1ccnc(OC(C)C)c1. The van der Waals surface area contributed by atoms with Gasteiger partial charge in [0.2, 0.25) is 21.8 Å². The van der Waals surface area contributed by atoms with Gasteiger partial charge in [0, 0.05) is 59.6 Å². The summed E-state index contributed by atoms with van der Waals surface area (Å²) >= 11 is 6.21. The highest BCUT2D eigenvalue weighted by molar-refractivity contribution is 7.89. The van der Waals surface area contributed by atoms with Gasteiger partial charge in [0.25, 0.3) is 0 Å². The molecule has 5 rings (SSSR count). The average Bonchev–Trinajstić information content (AvgIpc) is 3.19. The number of anilines is 1. The van der Waals surface area contributed by atoms with Crippen LogP contribution in [0.3, 0.4) is 0 Å². The lowest BCUT2D eigenvalue weighted by Gasteiger charge is -2.42. The molecule has 0 saturated carbocycles. The first-order valence-electron chi connectivity index (χ1n) is 16.4. The van der Waals surface area contributed by atoms with E-state index in [4.69, 9.17) is 21.1 Å². The van der Waals surface area contributed by atoms with Crippen molar-refractivity contribution in [1.29, 1.82) is 0 Å². The predicted molar refractivity (Wildman–Crippen MR) is 186 cm³/mol. The molecule has 3 heterocycles. The second-order valence-electron chi connectivity index (χ2n) is 12.8. The first-order valence-corrected chi connectivity index (χ1v) is 18.4. The number of halogens is 2. The Hall–Kier alpha value is -3.78. The molecule has 2 aliphatic heterocycles. The molecule has 2 amide bonds. The van der Waals surface area contributed by atoms with Crippen molar-refractivity contribution in [1.82, 2.24) is 19.5 Å². The Morgan fingerprint density at radius 3 is 2.57 bits per heavy atom. The van der Waals surface area contributed by atoms with Gasteiger partial charge in [-0.2, -0.15) is 4.31 Å². The summed E-state index contributed by atoms with van der Waals surface area (Å²) in [6, 6.07) is 13.3. The molecule has 49 heavy (non-hydrogen) atoms. The van der Waals surface area contributed by atoms with Gasteiger partial charge < -0.3 is 25.0 Å². The molecule has 5 atom stereocenters. The third kappa shape index (κ3) is 8.88. The Balaban J connectivity index is 1.46. The Morgan fingerprint density at radius 1 is 1.10 bits per heavy atom. The van der Waals surface area contributed by atoms with E-state index in [1.54, 1.807) is 53.0 Å². The van der Waals surface area contributed by atoms with Gasteiger partial charge in [0.05, 0.1) is 19.0 Å². The number of pyridine rings is 1. The van der Waals surface area contributed by atoms with Gasteiger partial charge in [-0.1, -0.05) is 29.8 Å². The first kappa shape index (κ1) is 36.5. The number of sulfonamides is 1. The monoisotopic (exact) mass is 715 g/mol. The van der Waals surface area contributed by atoms with Crippen LogP contribution in [0.25, 0.3) is 0 Å². The number of carbonyl (C=O) groups is 2. The number of nitrogens with zero attached hydrogens (tertiary/aromatic N) is 3. The van der Waals surface area contributed by atoms with E-state index in [1.165, 1.54) is 19.2 Å². The molecule has 1 aromatic heterocycles. The van der Waals surface area contributed by atoms with E-state index in [2.05, 4.69) is 20.5 Å². The number of methoxy groups -OCH3 is 1. The summed E-state index contributed by atoms with van der Waals surface area (Å²) in [5.74, 6) is -1.50. The molecular formula is C35H43ClFN5O6S. The summed E-state index contributed by atoms with van der Waals surface area (Å²) in [6.45, 7) is 4.68. The second-order valence-corrected chi connectivity index (χ2v) is 15.3. The van der Waals surface area contributed by atoms with Crippen LogP contribution in [0.15, 0.2) is 60.8 Å². The molecule has 2 bridgehead atoms. The molecule has 14 heteroatoms. The fourth-order valence-corrected chi connectivity index (χ4v) is 8.60. The third-order valence-corrected chi connectivity index (χ3v) is 11.3. The number of hydrogen-bond donors (Lipinski definition) is 2. The minimum atomic E-state index is -3.44. The highest BCUT2D eigenvalue weighted by atomic mass is 35.5. The van der Waals surface area contributed by atoms with E-state index >= 15 is 4.39 Å². The van der Waals surface area contributed by atoms with Crippen LogP contribution in [-0.4, -0.2) is 91.8 Å². The number of hydrogen-bond acceptors (Lipinski definition) is 8. The van der Waals surface area contributed by atoms with E-state index in [9.17, 15) is 18.0 Å². The number of alkyl carbamates (subject to hydrolysis) is 1. The first-order chi connectivity index (χ1) is 23.4. The lowest BCUT2D eigenvalue weighted by Crippen LogP contribution is -2.57. The quantitative estimate of drug-likeness (QED) is 0.277. The highest BCUT2D eigenvalue weighted by Gasteiger charge is 2.40. The zero-order valence-electron chi connectivity index (χ0n) is 28.1. The van der Waals surface area contributed by atoms with Crippen LogP contribution in [0.1, 0.15) is 55.7 Å². The summed E-state index contributed by atoms with van der Waals surface area (Å²) in [7, 11) is -0.248. The van der Waals surface area contributed by atoms with Crippen molar-refractivity contribution in [2.45, 2.75) is 69.7 Å². The maximum Gasteiger partial charge on any atom is 0.407 e. The Labute approximate surface area is 292 Å². The van der Waals surface area contributed by atoms with Crippen LogP contribution in [0.2, 0.25) is 5.02 Å². The van der Waals surface area contributed by atoms with Gasteiger partial charge in [-0.3, -0.25) is 4.79 Å². The molecule has 2 saturated heterocycles. The number of amides is 2. The number of piperazine rings is 1. The Morgan fingerprint density at radius 2 is 1.86 bits per heavy atom. The van der Waals surface area contributed by atoms with Gasteiger partial charge in [-0.05, 0) is 88.0 Å². The van der Waals surface area contributed by atoms with Crippen molar-refractivity contribution in [3.8, 4) is 5.88 Å². The second kappa shape index (κ2) is 15.8. The maximum absolute atomic E-state index is 15.5. The van der Waals surface area contributed by atoms with Crippen molar-refractivity contribution < 1.29 is 31.9 Å². The number of likely N-dealkylation sites (N-methyl/N-ethyl adjacent to an activating group) is 1. The predicted octanol–water partition coefficient (Wildman–Crippen LogP) is 5.20. The summed E-state index contributed by atoms with van der Waals surface area (Å²) in [4.78, 5) is 33.5. The standard InChI is InChI=1S/C35H43ClFN5O6S/c1-22(2)48-31-19-24(16-17-38-31)32(23-10-12-25(36)13-11-23)33(40-35(44)47-4)34(43)39-30-9-5-8-29(37)28(30)15-14-27-20-41(3)26-7-6-18-49(45,46)42(27)21-26/h5,8-13,16-17,19,22,26-27,32-33H,6-7,14-15,18,20-21H2,1-4H3,(H,39,43)(H,40,44)/t26?,27?,32-,33-/m0/s1. The molecule has 0 aliphatic carbocycles. The molecule has 0 radical (unpaired) electrons. The van der Waals surface area contributed by atoms with Crippen molar-refractivity contribution in [3.05, 3.63) is 88.3 Å². The Bertz CT molecular complexity index is 1740. The zero-order chi connectivity index (χ0) is 35.3. The number of rotatable bonds is 11. The fraction of sp³-hybridized carbons (Fsp3) is 0.457. The van der Waals surface area contributed by atoms with Crippen LogP contribution >= 0.6 is 11.6 Å². The third-order valence-electron chi connectivity index (χ3n) is 9.10. The van der Waals surface area contributed by atoms with Crippen molar-refractivity contribution in [2.24, 2.45) is 0 Å². The normalized spacial score (nSPS) is 21.7. The summed E-state index contributed by atoms with van der Waals surface area (Å²) in [6.07, 6.45) is 2.50. The molecule has 0 spiro atoms. The van der Waals surface area contributed by atoms with E-state index in [-0.39, 0.29) is 41.6 Å².